The average Bonchev–Trinajstić information content (AvgIpc) is 2.59. The van der Waals surface area contributed by atoms with Gasteiger partial charge in [-0.1, -0.05) is 17.7 Å². The van der Waals surface area contributed by atoms with E-state index in [9.17, 15) is 8.78 Å². The summed E-state index contributed by atoms with van der Waals surface area (Å²) >= 11 is 5.76. The van der Waals surface area contributed by atoms with E-state index >= 15 is 0 Å². The minimum absolute atomic E-state index is 0. The molecule has 1 heterocycles. The molecule has 0 amide bonds. The lowest BCUT2D eigenvalue weighted by molar-refractivity contribution is 0.585. The molecular formula is C18H22ClF2IN4. The van der Waals surface area contributed by atoms with Gasteiger partial charge in [0.05, 0.1) is 0 Å². The Morgan fingerprint density at radius 3 is 2.65 bits per heavy atom. The van der Waals surface area contributed by atoms with Gasteiger partial charge in [-0.15, -0.1) is 24.0 Å². The van der Waals surface area contributed by atoms with Crippen molar-refractivity contribution in [2.75, 3.05) is 19.6 Å². The van der Waals surface area contributed by atoms with Crippen LogP contribution in [0.3, 0.4) is 0 Å². The van der Waals surface area contributed by atoms with Crippen LogP contribution in [0.4, 0.5) is 8.78 Å². The Morgan fingerprint density at radius 2 is 1.96 bits per heavy atom. The number of aromatic nitrogens is 1. The minimum atomic E-state index is -0.443. The van der Waals surface area contributed by atoms with Crippen molar-refractivity contribution in [3.8, 4) is 0 Å². The highest BCUT2D eigenvalue weighted by atomic mass is 127. The molecular weight excluding hydrogens is 473 g/mol. The van der Waals surface area contributed by atoms with Gasteiger partial charge in [0, 0.05) is 25.8 Å². The number of pyridine rings is 1. The zero-order valence-corrected chi connectivity index (χ0v) is 17.5. The lowest BCUT2D eigenvalue weighted by Crippen LogP contribution is -2.38. The second-order valence-corrected chi connectivity index (χ2v) is 5.80. The summed E-state index contributed by atoms with van der Waals surface area (Å²) in [5.41, 5.74) is 1.39. The smallest absolute Gasteiger partial charge is 0.191 e. The number of guanidine groups is 1. The van der Waals surface area contributed by atoms with Crippen molar-refractivity contribution in [3.05, 3.63) is 64.4 Å². The number of halogens is 4. The zero-order valence-electron chi connectivity index (χ0n) is 14.4. The molecule has 0 unspecified atom stereocenters. The summed E-state index contributed by atoms with van der Waals surface area (Å²) in [6, 6.07) is 7.13. The van der Waals surface area contributed by atoms with E-state index in [4.69, 9.17) is 11.6 Å². The van der Waals surface area contributed by atoms with E-state index in [1.54, 1.807) is 12.3 Å². The molecule has 8 heteroatoms. The summed E-state index contributed by atoms with van der Waals surface area (Å²) in [7, 11) is 0. The van der Waals surface area contributed by atoms with Gasteiger partial charge in [0.1, 0.15) is 16.8 Å². The van der Waals surface area contributed by atoms with Crippen LogP contribution in [0.15, 0.2) is 41.5 Å². The molecule has 1 aromatic carbocycles. The lowest BCUT2D eigenvalue weighted by Gasteiger charge is -2.11. The van der Waals surface area contributed by atoms with Crippen LogP contribution in [0.2, 0.25) is 5.15 Å². The summed E-state index contributed by atoms with van der Waals surface area (Å²) in [5, 5.41) is 6.80. The highest BCUT2D eigenvalue weighted by Crippen LogP contribution is 2.10. The number of benzene rings is 1. The standard InChI is InChI=1S/C18H21ClF2N4.HI/c1-2-22-18(23-9-7-13-3-6-17(19)25-12-13)24-10-8-14-11-15(20)4-5-16(14)21;/h3-6,11-12H,2,7-10H2,1H3,(H2,22,23,24);1H. The Balaban J connectivity index is 0.00000338. The molecule has 1 aromatic heterocycles. The lowest BCUT2D eigenvalue weighted by atomic mass is 10.1. The molecule has 4 nitrogen and oxygen atoms in total. The predicted molar refractivity (Wildman–Crippen MR) is 112 cm³/mol. The van der Waals surface area contributed by atoms with E-state index in [1.165, 1.54) is 6.07 Å². The first kappa shape index (κ1) is 22.6. The summed E-state index contributed by atoms with van der Waals surface area (Å²) in [4.78, 5) is 8.43. The Bertz CT molecular complexity index is 711. The van der Waals surface area contributed by atoms with Gasteiger partial charge in [0.15, 0.2) is 5.96 Å². The van der Waals surface area contributed by atoms with Crippen molar-refractivity contribution in [2.45, 2.75) is 19.8 Å². The second kappa shape index (κ2) is 12.0. The number of hydrogen-bond acceptors (Lipinski definition) is 2. The van der Waals surface area contributed by atoms with Crippen LogP contribution in [0.1, 0.15) is 18.1 Å². The fourth-order valence-corrected chi connectivity index (χ4v) is 2.36. The molecule has 0 fully saturated rings. The first-order chi connectivity index (χ1) is 12.1. The van der Waals surface area contributed by atoms with Crippen molar-refractivity contribution < 1.29 is 8.78 Å². The first-order valence-electron chi connectivity index (χ1n) is 8.15. The van der Waals surface area contributed by atoms with E-state index in [2.05, 4.69) is 20.6 Å². The largest absolute Gasteiger partial charge is 0.357 e. The molecule has 0 aliphatic rings. The Morgan fingerprint density at radius 1 is 1.15 bits per heavy atom. The summed E-state index contributed by atoms with van der Waals surface area (Å²) in [6.07, 6.45) is 2.84. The van der Waals surface area contributed by atoms with Crippen LogP contribution in [-0.2, 0) is 12.8 Å². The molecule has 0 atom stereocenters. The number of nitrogens with one attached hydrogen (secondary N) is 2. The van der Waals surface area contributed by atoms with Crippen LogP contribution >= 0.6 is 35.6 Å². The normalized spacial score (nSPS) is 11.0. The van der Waals surface area contributed by atoms with E-state index in [1.807, 2.05) is 13.0 Å². The number of aliphatic imine (C=N–C) groups is 1. The number of rotatable bonds is 7. The second-order valence-electron chi connectivity index (χ2n) is 5.41. The third-order valence-corrected chi connectivity index (χ3v) is 3.72. The van der Waals surface area contributed by atoms with Gasteiger partial charge in [-0.2, -0.15) is 0 Å². The van der Waals surface area contributed by atoms with Crippen molar-refractivity contribution in [3.63, 3.8) is 0 Å². The summed E-state index contributed by atoms with van der Waals surface area (Å²) < 4.78 is 26.8. The van der Waals surface area contributed by atoms with Gasteiger partial charge in [-0.3, -0.25) is 4.99 Å². The van der Waals surface area contributed by atoms with Crippen LogP contribution in [0, 0.1) is 11.6 Å². The quantitative estimate of drug-likeness (QED) is 0.265. The summed E-state index contributed by atoms with van der Waals surface area (Å²) in [5.74, 6) is -0.215. The number of hydrogen-bond donors (Lipinski definition) is 2. The maximum Gasteiger partial charge on any atom is 0.191 e. The molecule has 2 aromatic rings. The molecule has 0 aliphatic heterocycles. The van der Waals surface area contributed by atoms with Gasteiger partial charge in [0.25, 0.3) is 0 Å². The molecule has 26 heavy (non-hydrogen) atoms. The Labute approximate surface area is 174 Å². The van der Waals surface area contributed by atoms with Gasteiger partial charge >= 0.3 is 0 Å². The summed E-state index contributed by atoms with van der Waals surface area (Å²) in [6.45, 7) is 3.71. The molecule has 0 saturated carbocycles. The SMILES string of the molecule is CCNC(=NCCc1cc(F)ccc1F)NCCc1ccc(Cl)nc1.I. The molecule has 2 N–H and O–H groups in total. The molecule has 0 aliphatic carbocycles. The van der Waals surface area contributed by atoms with E-state index in [0.29, 0.717) is 42.7 Å². The van der Waals surface area contributed by atoms with Crippen molar-refractivity contribution in [1.29, 1.82) is 0 Å². The van der Waals surface area contributed by atoms with Gasteiger partial charge < -0.3 is 10.6 Å². The molecule has 142 valence electrons. The van der Waals surface area contributed by atoms with Crippen LogP contribution in [-0.4, -0.2) is 30.6 Å². The minimum Gasteiger partial charge on any atom is -0.357 e. The molecule has 2 rings (SSSR count). The van der Waals surface area contributed by atoms with E-state index < -0.39 is 11.6 Å². The third kappa shape index (κ3) is 7.82. The first-order valence-corrected chi connectivity index (χ1v) is 8.53. The van der Waals surface area contributed by atoms with Crippen molar-refractivity contribution >= 4 is 41.5 Å². The fraction of sp³-hybridized carbons (Fsp3) is 0.333. The monoisotopic (exact) mass is 494 g/mol. The van der Waals surface area contributed by atoms with E-state index in [0.717, 1.165) is 24.1 Å². The van der Waals surface area contributed by atoms with Crippen molar-refractivity contribution in [1.82, 2.24) is 15.6 Å². The average molecular weight is 495 g/mol. The zero-order chi connectivity index (χ0) is 18.1. The Kier molecular flexibility index (Phi) is 10.4. The van der Waals surface area contributed by atoms with E-state index in [-0.39, 0.29) is 24.0 Å². The molecule has 0 spiro atoms. The van der Waals surface area contributed by atoms with Crippen LogP contribution < -0.4 is 10.6 Å². The molecule has 0 saturated heterocycles. The van der Waals surface area contributed by atoms with Crippen LogP contribution in [0.25, 0.3) is 0 Å². The topological polar surface area (TPSA) is 49.3 Å². The molecule has 0 radical (unpaired) electrons. The highest BCUT2D eigenvalue weighted by Gasteiger charge is 2.04. The van der Waals surface area contributed by atoms with Gasteiger partial charge in [-0.05, 0) is 55.2 Å². The van der Waals surface area contributed by atoms with Gasteiger partial charge in [-0.25, -0.2) is 13.8 Å². The van der Waals surface area contributed by atoms with Crippen molar-refractivity contribution in [2.24, 2.45) is 4.99 Å². The van der Waals surface area contributed by atoms with Crippen LogP contribution in [0.5, 0.6) is 0 Å². The number of nitrogens with zero attached hydrogens (tertiary/aromatic N) is 2. The molecule has 0 bridgehead atoms. The Hall–Kier alpha value is -1.48. The van der Waals surface area contributed by atoms with Gasteiger partial charge in [0.2, 0.25) is 0 Å². The fourth-order valence-electron chi connectivity index (χ4n) is 2.24. The highest BCUT2D eigenvalue weighted by molar-refractivity contribution is 14.0. The predicted octanol–water partition coefficient (Wildman–Crippen LogP) is 3.97. The maximum absolute atomic E-state index is 13.6. The third-order valence-electron chi connectivity index (χ3n) is 3.50. The maximum atomic E-state index is 13.6.